The number of carbonyl (C=O) groups excluding carboxylic acids is 1. The summed E-state index contributed by atoms with van der Waals surface area (Å²) in [4.78, 5) is 35.8. The summed E-state index contributed by atoms with van der Waals surface area (Å²) in [6.07, 6.45) is 10.1. The van der Waals surface area contributed by atoms with Crippen LogP contribution in [0.15, 0.2) is 34.2 Å². The largest absolute Gasteiger partial charge is 0.342 e. The van der Waals surface area contributed by atoms with Gasteiger partial charge in [0.25, 0.3) is 5.56 Å². The quantitative estimate of drug-likeness (QED) is 0.356. The van der Waals surface area contributed by atoms with Crippen molar-refractivity contribution < 1.29 is 4.79 Å². The fourth-order valence-corrected chi connectivity index (χ4v) is 7.34. The van der Waals surface area contributed by atoms with Crippen molar-refractivity contribution in [2.24, 2.45) is 0 Å². The third-order valence-electron chi connectivity index (χ3n) is 7.09. The fraction of sp³-hybridized carbons (Fsp3) is 0.500. The molecular weight excluding hydrogens is 450 g/mol. The van der Waals surface area contributed by atoms with Crippen LogP contribution in [0.4, 0.5) is 0 Å². The molecule has 0 unspecified atom stereocenters. The summed E-state index contributed by atoms with van der Waals surface area (Å²) in [7, 11) is 1.93. The van der Waals surface area contributed by atoms with Crippen LogP contribution in [0, 0.1) is 6.92 Å². The van der Waals surface area contributed by atoms with Gasteiger partial charge in [0.1, 0.15) is 4.83 Å². The number of benzene rings is 1. The van der Waals surface area contributed by atoms with E-state index in [1.807, 2.05) is 43.1 Å². The van der Waals surface area contributed by atoms with Crippen LogP contribution >= 0.6 is 23.1 Å². The molecule has 1 amide bonds. The average Bonchev–Trinajstić information content (AvgIpc) is 3.22. The van der Waals surface area contributed by atoms with Crippen molar-refractivity contribution in [1.82, 2.24) is 14.5 Å². The highest BCUT2D eigenvalue weighted by Crippen LogP contribution is 2.35. The molecule has 33 heavy (non-hydrogen) atoms. The summed E-state index contributed by atoms with van der Waals surface area (Å²) in [5.74, 6) is 0.407. The zero-order valence-corrected chi connectivity index (χ0v) is 21.1. The number of carbonyl (C=O) groups is 1. The van der Waals surface area contributed by atoms with Crippen molar-refractivity contribution in [2.75, 3.05) is 12.8 Å². The highest BCUT2D eigenvalue weighted by molar-refractivity contribution is 7.99. The van der Waals surface area contributed by atoms with Gasteiger partial charge in [-0.2, -0.15) is 0 Å². The van der Waals surface area contributed by atoms with E-state index in [0.29, 0.717) is 17.0 Å². The van der Waals surface area contributed by atoms with E-state index in [-0.39, 0.29) is 11.5 Å². The van der Waals surface area contributed by atoms with Gasteiger partial charge in [-0.1, -0.05) is 48.7 Å². The molecule has 174 valence electrons. The molecule has 5 rings (SSSR count). The second-order valence-corrected chi connectivity index (χ2v) is 11.4. The zero-order valence-electron chi connectivity index (χ0n) is 19.4. The number of hydrogen-bond acceptors (Lipinski definition) is 5. The minimum Gasteiger partial charge on any atom is -0.342 e. The Morgan fingerprint density at radius 2 is 1.85 bits per heavy atom. The van der Waals surface area contributed by atoms with E-state index in [0.717, 1.165) is 53.6 Å². The van der Waals surface area contributed by atoms with Crippen LogP contribution < -0.4 is 5.56 Å². The molecule has 0 N–H and O–H groups in total. The Morgan fingerprint density at radius 1 is 1.12 bits per heavy atom. The molecule has 2 aromatic heterocycles. The van der Waals surface area contributed by atoms with Crippen molar-refractivity contribution in [3.63, 3.8) is 0 Å². The summed E-state index contributed by atoms with van der Waals surface area (Å²) in [6, 6.07) is 8.33. The van der Waals surface area contributed by atoms with E-state index >= 15 is 0 Å². The molecule has 0 radical (unpaired) electrons. The Morgan fingerprint density at radius 3 is 2.61 bits per heavy atom. The average molecular weight is 482 g/mol. The molecule has 5 nitrogen and oxygen atoms in total. The monoisotopic (exact) mass is 481 g/mol. The highest BCUT2D eigenvalue weighted by Gasteiger charge is 2.25. The van der Waals surface area contributed by atoms with E-state index in [2.05, 4.69) is 0 Å². The zero-order chi connectivity index (χ0) is 22.9. The number of aryl methyl sites for hydroxylation is 3. The molecule has 2 aliphatic carbocycles. The van der Waals surface area contributed by atoms with Crippen LogP contribution in [0.25, 0.3) is 15.9 Å². The molecule has 1 saturated carbocycles. The first-order chi connectivity index (χ1) is 16.0. The number of aromatic nitrogens is 2. The van der Waals surface area contributed by atoms with Crippen molar-refractivity contribution in [2.45, 2.75) is 75.9 Å². The molecule has 1 aromatic carbocycles. The second-order valence-electron chi connectivity index (χ2n) is 9.35. The fourth-order valence-electron chi connectivity index (χ4n) is 5.10. The van der Waals surface area contributed by atoms with Gasteiger partial charge in [0, 0.05) is 18.0 Å². The predicted octanol–water partition coefficient (Wildman–Crippen LogP) is 5.52. The molecule has 2 heterocycles. The van der Waals surface area contributed by atoms with Crippen molar-refractivity contribution in [1.29, 1.82) is 0 Å². The van der Waals surface area contributed by atoms with Gasteiger partial charge in [-0.15, -0.1) is 11.3 Å². The van der Waals surface area contributed by atoms with Gasteiger partial charge in [0.05, 0.1) is 16.8 Å². The predicted molar refractivity (Wildman–Crippen MR) is 137 cm³/mol. The second kappa shape index (κ2) is 9.63. The van der Waals surface area contributed by atoms with Gasteiger partial charge in [0.2, 0.25) is 5.91 Å². The van der Waals surface area contributed by atoms with Gasteiger partial charge in [-0.25, -0.2) is 4.98 Å². The van der Waals surface area contributed by atoms with Gasteiger partial charge in [0.15, 0.2) is 5.16 Å². The SMILES string of the molecule is Cc1ccc(-n2c(SCC(=O)N(C)C3CCCCC3)nc3sc4c(c3c2=O)CCCC4)cc1. The number of thiophene rings is 1. The first-order valence-corrected chi connectivity index (χ1v) is 13.9. The third kappa shape index (κ3) is 4.50. The van der Waals surface area contributed by atoms with E-state index in [1.54, 1.807) is 15.9 Å². The Kier molecular flexibility index (Phi) is 6.61. The Labute approximate surface area is 203 Å². The molecule has 0 bridgehead atoms. The van der Waals surface area contributed by atoms with E-state index in [4.69, 9.17) is 4.98 Å². The topological polar surface area (TPSA) is 55.2 Å². The molecule has 7 heteroatoms. The maximum absolute atomic E-state index is 13.8. The lowest BCUT2D eigenvalue weighted by Crippen LogP contribution is -2.39. The molecule has 2 aliphatic rings. The van der Waals surface area contributed by atoms with E-state index in [9.17, 15) is 9.59 Å². The van der Waals surface area contributed by atoms with Gasteiger partial charge in [-0.05, 0) is 63.1 Å². The summed E-state index contributed by atoms with van der Waals surface area (Å²) in [5, 5.41) is 1.39. The van der Waals surface area contributed by atoms with Crippen LogP contribution in [0.2, 0.25) is 0 Å². The molecular formula is C26H31N3O2S2. The number of rotatable bonds is 5. The smallest absolute Gasteiger partial charge is 0.267 e. The normalized spacial score (nSPS) is 16.7. The van der Waals surface area contributed by atoms with Crippen molar-refractivity contribution in [3.05, 3.63) is 50.6 Å². The Bertz CT molecular complexity index is 1220. The van der Waals surface area contributed by atoms with Crippen LogP contribution in [0.5, 0.6) is 0 Å². The van der Waals surface area contributed by atoms with Crippen molar-refractivity contribution in [3.8, 4) is 5.69 Å². The lowest BCUT2D eigenvalue weighted by atomic mass is 9.94. The minimum atomic E-state index is -0.00108. The molecule has 3 aromatic rings. The van der Waals surface area contributed by atoms with E-state index < -0.39 is 0 Å². The third-order valence-corrected chi connectivity index (χ3v) is 9.20. The lowest BCUT2D eigenvalue weighted by molar-refractivity contribution is -0.129. The Hall–Kier alpha value is -2.12. The van der Waals surface area contributed by atoms with Crippen LogP contribution in [0.3, 0.4) is 0 Å². The summed E-state index contributed by atoms with van der Waals surface area (Å²) in [6.45, 7) is 2.04. The molecule has 0 atom stereocenters. The van der Waals surface area contributed by atoms with Gasteiger partial charge < -0.3 is 4.90 Å². The van der Waals surface area contributed by atoms with Crippen LogP contribution in [0.1, 0.15) is 60.9 Å². The Balaban J connectivity index is 1.51. The highest BCUT2D eigenvalue weighted by atomic mass is 32.2. The molecule has 0 aliphatic heterocycles. The first-order valence-electron chi connectivity index (χ1n) is 12.1. The minimum absolute atomic E-state index is 0.00108. The van der Waals surface area contributed by atoms with Crippen LogP contribution in [-0.4, -0.2) is 39.2 Å². The van der Waals surface area contributed by atoms with Gasteiger partial charge in [-0.3, -0.25) is 14.2 Å². The van der Waals surface area contributed by atoms with Gasteiger partial charge >= 0.3 is 0 Å². The van der Waals surface area contributed by atoms with Crippen LogP contribution in [-0.2, 0) is 17.6 Å². The van der Waals surface area contributed by atoms with Crippen molar-refractivity contribution >= 4 is 39.2 Å². The summed E-state index contributed by atoms with van der Waals surface area (Å²) in [5.41, 5.74) is 3.15. The molecule has 0 saturated heterocycles. The summed E-state index contributed by atoms with van der Waals surface area (Å²) >= 11 is 3.05. The number of thioether (sulfide) groups is 1. The summed E-state index contributed by atoms with van der Waals surface area (Å²) < 4.78 is 1.72. The van der Waals surface area contributed by atoms with E-state index in [1.165, 1.54) is 47.9 Å². The number of fused-ring (bicyclic) bond motifs is 3. The lowest BCUT2D eigenvalue weighted by Gasteiger charge is -2.31. The maximum atomic E-state index is 13.8. The first kappa shape index (κ1) is 22.7. The standard InChI is InChI=1S/C26H31N3O2S2/c1-17-12-14-19(15-13-17)29-25(31)23-20-10-6-7-11-21(20)33-24(23)27-26(29)32-16-22(30)28(2)18-8-4-3-5-9-18/h12-15,18H,3-11,16H2,1-2H3. The molecule has 1 fully saturated rings. The maximum Gasteiger partial charge on any atom is 0.267 e. The number of hydrogen-bond donors (Lipinski definition) is 0. The number of nitrogens with zero attached hydrogens (tertiary/aromatic N) is 3. The number of amides is 1. The molecule has 0 spiro atoms.